The van der Waals surface area contributed by atoms with Crippen LogP contribution in [0.2, 0.25) is 0 Å². The molecule has 0 aromatic rings. The zero-order valence-electron chi connectivity index (χ0n) is 9.38. The zero-order chi connectivity index (χ0) is 10.2. The van der Waals surface area contributed by atoms with Crippen molar-refractivity contribution >= 4 is 5.91 Å². The van der Waals surface area contributed by atoms with Gasteiger partial charge in [-0.25, -0.2) is 0 Å². The van der Waals surface area contributed by atoms with E-state index in [1.54, 1.807) is 0 Å². The van der Waals surface area contributed by atoms with E-state index in [0.717, 1.165) is 25.9 Å². The Hall–Kier alpha value is -0.530. The van der Waals surface area contributed by atoms with Crippen LogP contribution in [-0.2, 0) is 4.79 Å². The van der Waals surface area contributed by atoms with Crippen LogP contribution < -0.4 is 0 Å². The van der Waals surface area contributed by atoms with Crippen LogP contribution in [0.5, 0.6) is 0 Å². The van der Waals surface area contributed by atoms with E-state index < -0.39 is 0 Å². The molecular formula is C12H21NO. The lowest BCUT2D eigenvalue weighted by molar-refractivity contribution is -0.140. The maximum Gasteiger partial charge on any atom is 0.225 e. The molecule has 1 saturated carbocycles. The molecule has 1 amide bonds. The molecule has 14 heavy (non-hydrogen) atoms. The van der Waals surface area contributed by atoms with Crippen LogP contribution in [0.25, 0.3) is 0 Å². The SMILES string of the molecule is CC1(C)CCN(C(=O)C2CCC2)CC1. The molecule has 0 radical (unpaired) electrons. The quantitative estimate of drug-likeness (QED) is 0.629. The first-order chi connectivity index (χ1) is 6.58. The average Bonchev–Trinajstić information content (AvgIpc) is 2.00. The van der Waals surface area contributed by atoms with Gasteiger partial charge in [0, 0.05) is 19.0 Å². The van der Waals surface area contributed by atoms with Gasteiger partial charge in [0.05, 0.1) is 0 Å². The van der Waals surface area contributed by atoms with Crippen molar-refractivity contribution in [3.8, 4) is 0 Å². The van der Waals surface area contributed by atoms with Crippen LogP contribution in [0.4, 0.5) is 0 Å². The lowest BCUT2D eigenvalue weighted by Gasteiger charge is -2.39. The van der Waals surface area contributed by atoms with Crippen molar-refractivity contribution in [1.29, 1.82) is 0 Å². The smallest absolute Gasteiger partial charge is 0.225 e. The number of hydrogen-bond acceptors (Lipinski definition) is 1. The van der Waals surface area contributed by atoms with Crippen LogP contribution in [0, 0.1) is 11.3 Å². The molecule has 0 aromatic heterocycles. The van der Waals surface area contributed by atoms with Gasteiger partial charge in [-0.15, -0.1) is 0 Å². The van der Waals surface area contributed by atoms with Crippen LogP contribution in [-0.4, -0.2) is 23.9 Å². The Morgan fingerprint density at radius 1 is 1.21 bits per heavy atom. The minimum Gasteiger partial charge on any atom is -0.342 e. The summed E-state index contributed by atoms with van der Waals surface area (Å²) in [6.45, 7) is 6.58. The maximum absolute atomic E-state index is 11.9. The van der Waals surface area contributed by atoms with Gasteiger partial charge in [0.25, 0.3) is 0 Å². The summed E-state index contributed by atoms with van der Waals surface area (Å²) in [6, 6.07) is 0. The Bertz CT molecular complexity index is 220. The van der Waals surface area contributed by atoms with Gasteiger partial charge >= 0.3 is 0 Å². The number of nitrogens with zero attached hydrogens (tertiary/aromatic N) is 1. The highest BCUT2D eigenvalue weighted by Crippen LogP contribution is 2.33. The number of piperidine rings is 1. The summed E-state index contributed by atoms with van der Waals surface area (Å²) in [5, 5.41) is 0. The number of likely N-dealkylation sites (tertiary alicyclic amines) is 1. The van der Waals surface area contributed by atoms with E-state index in [1.165, 1.54) is 19.3 Å². The highest BCUT2D eigenvalue weighted by Gasteiger charge is 2.33. The second-order valence-corrected chi connectivity index (χ2v) is 5.62. The van der Waals surface area contributed by atoms with Gasteiger partial charge in [0.2, 0.25) is 5.91 Å². The minimum absolute atomic E-state index is 0.385. The number of rotatable bonds is 1. The van der Waals surface area contributed by atoms with Crippen molar-refractivity contribution in [3.63, 3.8) is 0 Å². The van der Waals surface area contributed by atoms with Crippen molar-refractivity contribution in [2.75, 3.05) is 13.1 Å². The third-order valence-corrected chi connectivity index (χ3v) is 3.88. The van der Waals surface area contributed by atoms with Crippen LogP contribution in [0.1, 0.15) is 46.0 Å². The fraction of sp³-hybridized carbons (Fsp3) is 0.917. The molecule has 0 unspecified atom stereocenters. The third-order valence-electron chi connectivity index (χ3n) is 3.88. The predicted molar refractivity (Wildman–Crippen MR) is 56.9 cm³/mol. The summed E-state index contributed by atoms with van der Waals surface area (Å²) in [6.07, 6.45) is 5.88. The molecule has 1 saturated heterocycles. The summed E-state index contributed by atoms with van der Waals surface area (Å²) in [7, 11) is 0. The number of amides is 1. The number of carbonyl (C=O) groups is 1. The second kappa shape index (κ2) is 3.56. The molecule has 1 aliphatic heterocycles. The first-order valence-electron chi connectivity index (χ1n) is 5.87. The molecular weight excluding hydrogens is 174 g/mol. The van der Waals surface area contributed by atoms with E-state index in [0.29, 0.717) is 17.2 Å². The molecule has 2 nitrogen and oxygen atoms in total. The van der Waals surface area contributed by atoms with E-state index in [9.17, 15) is 4.79 Å². The molecule has 80 valence electrons. The van der Waals surface area contributed by atoms with Crippen LogP contribution >= 0.6 is 0 Å². The summed E-state index contributed by atoms with van der Waals surface area (Å²) in [5.74, 6) is 0.822. The summed E-state index contributed by atoms with van der Waals surface area (Å²) in [5.41, 5.74) is 0.455. The first-order valence-corrected chi connectivity index (χ1v) is 5.87. The Morgan fingerprint density at radius 3 is 2.21 bits per heavy atom. The minimum atomic E-state index is 0.385. The molecule has 1 aliphatic carbocycles. The Balaban J connectivity index is 1.85. The molecule has 1 heterocycles. The molecule has 0 bridgehead atoms. The Labute approximate surface area is 86.7 Å². The van der Waals surface area contributed by atoms with Gasteiger partial charge in [-0.1, -0.05) is 20.3 Å². The summed E-state index contributed by atoms with van der Waals surface area (Å²) >= 11 is 0. The molecule has 2 aliphatic rings. The van der Waals surface area contributed by atoms with E-state index in [1.807, 2.05) is 0 Å². The molecule has 0 atom stereocenters. The third kappa shape index (κ3) is 1.94. The summed E-state index contributed by atoms with van der Waals surface area (Å²) < 4.78 is 0. The lowest BCUT2D eigenvalue weighted by atomic mass is 9.80. The van der Waals surface area contributed by atoms with Crippen molar-refractivity contribution in [2.24, 2.45) is 11.3 Å². The monoisotopic (exact) mass is 195 g/mol. The summed E-state index contributed by atoms with van der Waals surface area (Å²) in [4.78, 5) is 14.0. The fourth-order valence-corrected chi connectivity index (χ4v) is 2.25. The van der Waals surface area contributed by atoms with Gasteiger partial charge in [-0.05, 0) is 31.1 Å². The van der Waals surface area contributed by atoms with E-state index in [2.05, 4.69) is 18.7 Å². The molecule has 2 heteroatoms. The predicted octanol–water partition coefficient (Wildman–Crippen LogP) is 2.44. The Kier molecular flexibility index (Phi) is 2.54. The Morgan fingerprint density at radius 2 is 1.79 bits per heavy atom. The van der Waals surface area contributed by atoms with Crippen LogP contribution in [0.15, 0.2) is 0 Å². The lowest BCUT2D eigenvalue weighted by Crippen LogP contribution is -2.45. The highest BCUT2D eigenvalue weighted by atomic mass is 16.2. The van der Waals surface area contributed by atoms with Crippen molar-refractivity contribution in [2.45, 2.75) is 46.0 Å². The first kappa shape index (κ1) is 10.0. The molecule has 0 N–H and O–H groups in total. The van der Waals surface area contributed by atoms with Crippen molar-refractivity contribution in [3.05, 3.63) is 0 Å². The fourth-order valence-electron chi connectivity index (χ4n) is 2.25. The van der Waals surface area contributed by atoms with Gasteiger partial charge in [-0.3, -0.25) is 4.79 Å². The van der Waals surface area contributed by atoms with Crippen LogP contribution in [0.3, 0.4) is 0 Å². The van der Waals surface area contributed by atoms with Gasteiger partial charge in [-0.2, -0.15) is 0 Å². The standard InChI is InChI=1S/C12H21NO/c1-12(2)6-8-13(9-7-12)11(14)10-4-3-5-10/h10H,3-9H2,1-2H3. The number of carbonyl (C=O) groups excluding carboxylic acids is 1. The molecule has 2 rings (SSSR count). The van der Waals surface area contributed by atoms with E-state index >= 15 is 0 Å². The molecule has 0 aromatic carbocycles. The molecule has 0 spiro atoms. The second-order valence-electron chi connectivity index (χ2n) is 5.62. The average molecular weight is 195 g/mol. The van der Waals surface area contributed by atoms with Crippen molar-refractivity contribution < 1.29 is 4.79 Å². The highest BCUT2D eigenvalue weighted by molar-refractivity contribution is 5.79. The maximum atomic E-state index is 11.9. The van der Waals surface area contributed by atoms with Gasteiger partial charge in [0.15, 0.2) is 0 Å². The van der Waals surface area contributed by atoms with Crippen molar-refractivity contribution in [1.82, 2.24) is 4.90 Å². The normalized spacial score (nSPS) is 27.1. The van der Waals surface area contributed by atoms with Gasteiger partial charge in [0.1, 0.15) is 0 Å². The zero-order valence-corrected chi connectivity index (χ0v) is 9.38. The van der Waals surface area contributed by atoms with E-state index in [4.69, 9.17) is 0 Å². The van der Waals surface area contributed by atoms with Gasteiger partial charge < -0.3 is 4.90 Å². The number of hydrogen-bond donors (Lipinski definition) is 0. The topological polar surface area (TPSA) is 20.3 Å². The largest absolute Gasteiger partial charge is 0.342 e. The molecule has 2 fully saturated rings. The van der Waals surface area contributed by atoms with E-state index in [-0.39, 0.29) is 0 Å².